The number of carbonyl (C=O) groups excluding carboxylic acids is 2. The molecule has 45 heavy (non-hydrogen) atoms. The van der Waals surface area contributed by atoms with Crippen LogP contribution in [0.1, 0.15) is 69.3 Å². The van der Waals surface area contributed by atoms with Gasteiger partial charge in [-0.15, -0.1) is 0 Å². The predicted molar refractivity (Wildman–Crippen MR) is 169 cm³/mol. The molecule has 9 nitrogen and oxygen atoms in total. The van der Waals surface area contributed by atoms with E-state index in [0.717, 1.165) is 56.5 Å². The Morgan fingerprint density at radius 2 is 1.78 bits per heavy atom. The number of nitrogens with zero attached hydrogens (tertiary/aromatic N) is 2. The van der Waals surface area contributed by atoms with Crippen LogP contribution < -0.4 is 15.4 Å². The van der Waals surface area contributed by atoms with Gasteiger partial charge in [0.15, 0.2) is 0 Å². The predicted octanol–water partition coefficient (Wildman–Crippen LogP) is 6.49. The van der Waals surface area contributed by atoms with Crippen LogP contribution in [0, 0.1) is 5.92 Å². The van der Waals surface area contributed by atoms with Gasteiger partial charge < -0.3 is 35.0 Å². The Morgan fingerprint density at radius 1 is 1.11 bits per heavy atom. The first kappa shape index (κ1) is 36.1. The summed E-state index contributed by atoms with van der Waals surface area (Å²) in [4.78, 5) is 30.8. The highest BCUT2D eigenvalue weighted by Crippen LogP contribution is 2.31. The molecule has 12 heteroatoms. The third-order valence-corrected chi connectivity index (χ3v) is 7.88. The molecule has 0 radical (unpaired) electrons. The Kier molecular flexibility index (Phi) is 13.5. The van der Waals surface area contributed by atoms with Crippen LogP contribution in [0.2, 0.25) is 0 Å². The number of ether oxygens (including phenoxy) is 2. The van der Waals surface area contributed by atoms with E-state index in [9.17, 15) is 27.9 Å². The van der Waals surface area contributed by atoms with E-state index < -0.39 is 23.8 Å². The lowest BCUT2D eigenvalue weighted by Gasteiger charge is -2.35. The SMILES string of the molecule is CCCN(C)C[C@H]1OCCCC[C@H](C)Oc2ccc(NC(=O)Nc3ccc(C(F)(F)F)cc3)cc2C(=O)N([C@@H](C)CO)C[C@H]1C. The molecule has 1 aliphatic heterocycles. The number of alkyl halides is 3. The summed E-state index contributed by atoms with van der Waals surface area (Å²) in [6.07, 6.45) is -1.30. The third-order valence-electron chi connectivity index (χ3n) is 7.88. The van der Waals surface area contributed by atoms with Gasteiger partial charge in [0.2, 0.25) is 0 Å². The summed E-state index contributed by atoms with van der Waals surface area (Å²) in [7, 11) is 2.06. The van der Waals surface area contributed by atoms with E-state index in [1.165, 1.54) is 6.07 Å². The number of amides is 3. The van der Waals surface area contributed by atoms with Crippen LogP contribution in [0.5, 0.6) is 5.75 Å². The lowest BCUT2D eigenvalue weighted by Crippen LogP contribution is -2.47. The van der Waals surface area contributed by atoms with Gasteiger partial charge in [0.1, 0.15) is 5.75 Å². The smallest absolute Gasteiger partial charge is 0.416 e. The summed E-state index contributed by atoms with van der Waals surface area (Å²) in [5.74, 6) is -0.0593. The first-order chi connectivity index (χ1) is 21.3. The van der Waals surface area contributed by atoms with Gasteiger partial charge in [-0.1, -0.05) is 13.8 Å². The highest BCUT2D eigenvalue weighted by Gasteiger charge is 2.31. The summed E-state index contributed by atoms with van der Waals surface area (Å²) >= 11 is 0. The number of urea groups is 1. The van der Waals surface area contributed by atoms with Crippen LogP contribution in [-0.4, -0.2) is 85.0 Å². The lowest BCUT2D eigenvalue weighted by molar-refractivity contribution is -0.137. The molecule has 3 N–H and O–H groups in total. The fraction of sp³-hybridized carbons (Fsp3) is 0.576. The maximum absolute atomic E-state index is 14.2. The van der Waals surface area contributed by atoms with E-state index in [4.69, 9.17) is 9.47 Å². The molecule has 1 heterocycles. The van der Waals surface area contributed by atoms with Crippen molar-refractivity contribution >= 4 is 23.3 Å². The van der Waals surface area contributed by atoms with E-state index in [1.54, 1.807) is 24.0 Å². The molecule has 0 spiro atoms. The molecular formula is C33H47F3N4O5. The van der Waals surface area contributed by atoms with Gasteiger partial charge in [0.25, 0.3) is 5.91 Å². The van der Waals surface area contributed by atoms with Crippen LogP contribution in [-0.2, 0) is 10.9 Å². The Labute approximate surface area is 264 Å². The van der Waals surface area contributed by atoms with Crippen molar-refractivity contribution in [2.24, 2.45) is 5.92 Å². The van der Waals surface area contributed by atoms with Crippen molar-refractivity contribution < 1.29 is 37.3 Å². The minimum Gasteiger partial charge on any atom is -0.490 e. The fourth-order valence-electron chi connectivity index (χ4n) is 5.28. The van der Waals surface area contributed by atoms with Gasteiger partial charge in [-0.2, -0.15) is 13.2 Å². The second-order valence-corrected chi connectivity index (χ2v) is 11.9. The maximum atomic E-state index is 14.2. The van der Waals surface area contributed by atoms with Gasteiger partial charge >= 0.3 is 12.2 Å². The van der Waals surface area contributed by atoms with Gasteiger partial charge in [-0.3, -0.25) is 4.79 Å². The summed E-state index contributed by atoms with van der Waals surface area (Å²) < 4.78 is 51.3. The van der Waals surface area contributed by atoms with Crippen LogP contribution in [0.25, 0.3) is 0 Å². The zero-order valence-corrected chi connectivity index (χ0v) is 26.8. The number of likely N-dealkylation sites (N-methyl/N-ethyl adjacent to an activating group) is 1. The Hall–Kier alpha value is -3.35. The van der Waals surface area contributed by atoms with E-state index in [1.807, 2.05) is 13.8 Å². The molecule has 0 aliphatic carbocycles. The molecule has 4 atom stereocenters. The number of nitrogens with one attached hydrogen (secondary N) is 2. The normalized spacial score (nSPS) is 21.0. The number of rotatable bonds is 8. The highest BCUT2D eigenvalue weighted by molar-refractivity contribution is 6.02. The number of hydrogen-bond donors (Lipinski definition) is 3. The number of benzene rings is 2. The van der Waals surface area contributed by atoms with Crippen molar-refractivity contribution in [3.63, 3.8) is 0 Å². The standard InChI is InChI=1S/C33H47F3N4O5/c1-6-16-39(5)20-30-22(2)19-40(23(3)21-41)31(42)28-18-27(14-15-29(28)45-24(4)9-7-8-17-44-30)38-32(43)37-26-12-10-25(11-13-26)33(34,35)36/h10-15,18,22-24,30,41H,6-9,16-17,19-21H2,1-5H3,(H2,37,38,43)/t22-,23+,24+,30-/m1/s1. The van der Waals surface area contributed by atoms with E-state index in [2.05, 4.69) is 29.5 Å². The summed E-state index contributed by atoms with van der Waals surface area (Å²) in [6.45, 7) is 10.2. The number of hydrogen-bond acceptors (Lipinski definition) is 6. The molecule has 0 saturated carbocycles. The molecule has 0 fully saturated rings. The summed E-state index contributed by atoms with van der Waals surface area (Å²) in [5.41, 5.74) is -0.144. The fourth-order valence-corrected chi connectivity index (χ4v) is 5.28. The topological polar surface area (TPSA) is 103 Å². The van der Waals surface area contributed by atoms with Gasteiger partial charge in [-0.05, 0) is 95.6 Å². The monoisotopic (exact) mass is 636 g/mol. The van der Waals surface area contributed by atoms with Crippen molar-refractivity contribution in [3.05, 3.63) is 53.6 Å². The molecule has 0 unspecified atom stereocenters. The number of anilines is 2. The minimum absolute atomic E-state index is 0.0516. The van der Waals surface area contributed by atoms with E-state index in [-0.39, 0.29) is 47.6 Å². The lowest BCUT2D eigenvalue weighted by atomic mass is 10.0. The largest absolute Gasteiger partial charge is 0.490 e. The Bertz CT molecular complexity index is 1240. The number of carbonyl (C=O) groups is 2. The van der Waals surface area contributed by atoms with Crippen molar-refractivity contribution in [1.82, 2.24) is 9.80 Å². The third kappa shape index (κ3) is 10.9. The summed E-state index contributed by atoms with van der Waals surface area (Å²) in [5, 5.41) is 15.3. The van der Waals surface area contributed by atoms with Crippen molar-refractivity contribution in [2.75, 3.05) is 50.5 Å². The Morgan fingerprint density at radius 3 is 2.42 bits per heavy atom. The van der Waals surface area contributed by atoms with Gasteiger partial charge in [-0.25, -0.2) is 4.79 Å². The second-order valence-electron chi connectivity index (χ2n) is 11.9. The quantitative estimate of drug-likeness (QED) is 0.306. The molecule has 3 rings (SSSR count). The average Bonchev–Trinajstić information content (AvgIpc) is 2.98. The number of halogens is 3. The van der Waals surface area contributed by atoms with E-state index in [0.29, 0.717) is 25.4 Å². The van der Waals surface area contributed by atoms with Crippen molar-refractivity contribution in [3.8, 4) is 5.75 Å². The maximum Gasteiger partial charge on any atom is 0.416 e. The van der Waals surface area contributed by atoms with Crippen LogP contribution in [0.15, 0.2) is 42.5 Å². The summed E-state index contributed by atoms with van der Waals surface area (Å²) in [6, 6.07) is 7.64. The van der Waals surface area contributed by atoms with Crippen molar-refractivity contribution in [1.29, 1.82) is 0 Å². The molecule has 0 saturated heterocycles. The number of fused-ring (bicyclic) bond motifs is 1. The molecule has 250 valence electrons. The van der Waals surface area contributed by atoms with Gasteiger partial charge in [0, 0.05) is 37.0 Å². The molecule has 2 aromatic carbocycles. The molecule has 0 bridgehead atoms. The van der Waals surface area contributed by atoms with Crippen LogP contribution in [0.3, 0.4) is 0 Å². The molecule has 3 amide bonds. The molecule has 1 aliphatic rings. The first-order valence-electron chi connectivity index (χ1n) is 15.6. The molecule has 0 aromatic heterocycles. The van der Waals surface area contributed by atoms with Gasteiger partial charge in [0.05, 0.1) is 36.0 Å². The molecule has 2 aromatic rings. The van der Waals surface area contributed by atoms with E-state index >= 15 is 0 Å². The van der Waals surface area contributed by atoms with Crippen molar-refractivity contribution in [2.45, 2.75) is 77.8 Å². The first-order valence-corrected chi connectivity index (χ1v) is 15.6. The highest BCUT2D eigenvalue weighted by atomic mass is 19.4. The molecular weight excluding hydrogens is 589 g/mol. The number of aliphatic hydroxyl groups excluding tert-OH is 1. The zero-order chi connectivity index (χ0) is 33.1. The second kappa shape index (κ2) is 16.8. The van der Waals surface area contributed by atoms with Crippen LogP contribution >= 0.6 is 0 Å². The minimum atomic E-state index is -4.49. The van der Waals surface area contributed by atoms with Crippen LogP contribution in [0.4, 0.5) is 29.3 Å². The Balaban J connectivity index is 1.89. The number of aliphatic hydroxyl groups is 1. The average molecular weight is 637 g/mol. The zero-order valence-electron chi connectivity index (χ0n) is 26.8.